The van der Waals surface area contributed by atoms with E-state index in [9.17, 15) is 22.8 Å². The van der Waals surface area contributed by atoms with Gasteiger partial charge in [0, 0.05) is 24.0 Å². The smallest absolute Gasteiger partial charge is 0.246 e. The molecule has 2 N–H and O–H groups in total. The Morgan fingerprint density at radius 3 is 2.48 bits per heavy atom. The Hall–Kier alpha value is -2.91. The summed E-state index contributed by atoms with van der Waals surface area (Å²) in [4.78, 5) is 39.8. The van der Waals surface area contributed by atoms with Gasteiger partial charge in [-0.3, -0.25) is 14.4 Å². The highest BCUT2D eigenvalue weighted by Gasteiger charge is 2.44. The highest BCUT2D eigenvalue weighted by atomic mass is 35.5. The zero-order valence-corrected chi connectivity index (χ0v) is 19.3. The van der Waals surface area contributed by atoms with Crippen LogP contribution in [0.1, 0.15) is 18.4 Å². The van der Waals surface area contributed by atoms with Crippen molar-refractivity contribution < 1.29 is 22.8 Å². The van der Waals surface area contributed by atoms with Crippen molar-refractivity contribution in [3.8, 4) is 0 Å². The molecule has 33 heavy (non-hydrogen) atoms. The number of halogens is 1. The lowest BCUT2D eigenvalue weighted by Crippen LogP contribution is -2.67. The molecule has 0 radical (unpaired) electrons. The van der Waals surface area contributed by atoms with Crippen LogP contribution in [0.15, 0.2) is 59.5 Å². The number of piperidine rings is 1. The van der Waals surface area contributed by atoms with Crippen LogP contribution in [0.2, 0.25) is 5.02 Å². The molecule has 2 saturated heterocycles. The second-order valence-corrected chi connectivity index (χ2v) is 10.7. The first-order valence-corrected chi connectivity index (χ1v) is 12.7. The lowest BCUT2D eigenvalue weighted by atomic mass is 9.91. The molecule has 2 aliphatic heterocycles. The maximum Gasteiger partial charge on any atom is 0.246 e. The predicted octanol–water partition coefficient (Wildman–Crippen LogP) is 1.33. The van der Waals surface area contributed by atoms with Crippen molar-refractivity contribution in [2.24, 2.45) is 0 Å². The lowest BCUT2D eigenvalue weighted by Gasteiger charge is -2.44. The third-order valence-electron chi connectivity index (χ3n) is 5.94. The topological polar surface area (TPSA) is 113 Å². The fourth-order valence-corrected chi connectivity index (χ4v) is 5.58. The Labute approximate surface area is 197 Å². The van der Waals surface area contributed by atoms with Gasteiger partial charge in [-0.2, -0.15) is 0 Å². The molecular weight excluding hydrogens is 466 g/mol. The van der Waals surface area contributed by atoms with E-state index < -0.39 is 39.6 Å². The van der Waals surface area contributed by atoms with Crippen LogP contribution in [0.3, 0.4) is 0 Å². The van der Waals surface area contributed by atoms with Crippen molar-refractivity contribution in [2.45, 2.75) is 42.3 Å². The van der Waals surface area contributed by atoms with Gasteiger partial charge in [0.15, 0.2) is 9.84 Å². The molecule has 2 aliphatic rings. The summed E-state index contributed by atoms with van der Waals surface area (Å²) in [6.07, 6.45) is 1.05. The number of benzene rings is 2. The second-order valence-electron chi connectivity index (χ2n) is 8.30. The molecule has 0 aliphatic carbocycles. The number of nitrogens with one attached hydrogen (secondary N) is 2. The van der Waals surface area contributed by atoms with Crippen LogP contribution in [0.25, 0.3) is 0 Å². The zero-order chi connectivity index (χ0) is 23.6. The van der Waals surface area contributed by atoms with Crippen molar-refractivity contribution in [1.82, 2.24) is 15.5 Å². The molecule has 3 amide bonds. The third-order valence-corrected chi connectivity index (χ3v) is 7.83. The highest BCUT2D eigenvalue weighted by molar-refractivity contribution is 7.92. The number of piperazine rings is 1. The first kappa shape index (κ1) is 23.3. The largest absolute Gasteiger partial charge is 0.352 e. The summed E-state index contributed by atoms with van der Waals surface area (Å²) in [5, 5.41) is 6.11. The Morgan fingerprint density at radius 1 is 1.09 bits per heavy atom. The average molecular weight is 490 g/mol. The van der Waals surface area contributed by atoms with Gasteiger partial charge in [0.1, 0.15) is 17.8 Å². The number of fused-ring (bicyclic) bond motifs is 1. The van der Waals surface area contributed by atoms with Crippen molar-refractivity contribution in [2.75, 3.05) is 12.3 Å². The van der Waals surface area contributed by atoms with E-state index in [1.807, 2.05) is 12.1 Å². The van der Waals surface area contributed by atoms with E-state index in [0.717, 1.165) is 5.56 Å². The molecule has 0 saturated carbocycles. The Kier molecular flexibility index (Phi) is 6.71. The molecule has 2 fully saturated rings. The monoisotopic (exact) mass is 489 g/mol. The van der Waals surface area contributed by atoms with Gasteiger partial charge >= 0.3 is 0 Å². The van der Waals surface area contributed by atoms with Crippen LogP contribution < -0.4 is 10.6 Å². The highest BCUT2D eigenvalue weighted by Crippen LogP contribution is 2.24. The van der Waals surface area contributed by atoms with E-state index in [0.29, 0.717) is 24.4 Å². The molecule has 0 bridgehead atoms. The van der Waals surface area contributed by atoms with Crippen LogP contribution in [0, 0.1) is 0 Å². The van der Waals surface area contributed by atoms with Gasteiger partial charge in [-0.05, 0) is 42.7 Å². The summed E-state index contributed by atoms with van der Waals surface area (Å²) in [6, 6.07) is 13.2. The summed E-state index contributed by atoms with van der Waals surface area (Å²) in [6.45, 7) is 0.310. The summed E-state index contributed by atoms with van der Waals surface area (Å²) in [7, 11) is -3.76. The quantitative estimate of drug-likeness (QED) is 0.635. The standard InChI is InChI=1S/C23H24ClN3O5S/c24-16-8-6-15(7-9-16)12-19-23(30)27-11-10-17(13-20(27)22(29)26-19)25-21(28)14-33(31,32)18-4-2-1-3-5-18/h1-9,17,19-20H,10-14H2,(H,25,28)(H,26,29). The minimum atomic E-state index is -3.76. The molecule has 0 aromatic heterocycles. The van der Waals surface area contributed by atoms with E-state index in [1.54, 1.807) is 35.2 Å². The molecule has 174 valence electrons. The predicted molar refractivity (Wildman–Crippen MR) is 122 cm³/mol. The number of amides is 3. The Bertz CT molecular complexity index is 1150. The van der Waals surface area contributed by atoms with Crippen molar-refractivity contribution in [3.05, 3.63) is 65.2 Å². The van der Waals surface area contributed by atoms with Crippen molar-refractivity contribution >= 4 is 39.2 Å². The summed E-state index contributed by atoms with van der Waals surface area (Å²) < 4.78 is 24.9. The van der Waals surface area contributed by atoms with Crippen molar-refractivity contribution in [1.29, 1.82) is 0 Å². The molecule has 2 aromatic carbocycles. The van der Waals surface area contributed by atoms with Crippen LogP contribution in [-0.2, 0) is 30.6 Å². The number of sulfone groups is 1. The fourth-order valence-electron chi connectivity index (χ4n) is 4.29. The van der Waals surface area contributed by atoms with Gasteiger partial charge in [0.2, 0.25) is 17.7 Å². The van der Waals surface area contributed by atoms with Gasteiger partial charge < -0.3 is 15.5 Å². The summed E-state index contributed by atoms with van der Waals surface area (Å²) >= 11 is 5.91. The molecule has 0 spiro atoms. The van der Waals surface area contributed by atoms with Crippen LogP contribution >= 0.6 is 11.6 Å². The average Bonchev–Trinajstić information content (AvgIpc) is 2.79. The van der Waals surface area contributed by atoms with E-state index >= 15 is 0 Å². The lowest BCUT2D eigenvalue weighted by molar-refractivity contribution is -0.151. The molecule has 2 aromatic rings. The molecule has 3 unspecified atom stereocenters. The first-order chi connectivity index (χ1) is 15.7. The summed E-state index contributed by atoms with van der Waals surface area (Å²) in [5.74, 6) is -1.73. The van der Waals surface area contributed by atoms with Gasteiger partial charge in [0.05, 0.1) is 4.90 Å². The molecular formula is C23H24ClN3O5S. The minimum absolute atomic E-state index is 0.0824. The fraction of sp³-hybridized carbons (Fsp3) is 0.348. The van der Waals surface area contributed by atoms with Gasteiger partial charge in [-0.1, -0.05) is 41.9 Å². The number of carbonyl (C=O) groups excluding carboxylic acids is 3. The van der Waals surface area contributed by atoms with E-state index in [4.69, 9.17) is 11.6 Å². The number of carbonyl (C=O) groups is 3. The summed E-state index contributed by atoms with van der Waals surface area (Å²) in [5.41, 5.74) is 0.887. The molecule has 4 rings (SSSR count). The van der Waals surface area contributed by atoms with Gasteiger partial charge in [-0.15, -0.1) is 0 Å². The van der Waals surface area contributed by atoms with Crippen LogP contribution in [0.5, 0.6) is 0 Å². The Balaban J connectivity index is 1.35. The molecule has 3 atom stereocenters. The van der Waals surface area contributed by atoms with Gasteiger partial charge in [-0.25, -0.2) is 8.42 Å². The normalized spacial score (nSPS) is 22.9. The van der Waals surface area contributed by atoms with E-state index in [-0.39, 0.29) is 23.1 Å². The minimum Gasteiger partial charge on any atom is -0.352 e. The van der Waals surface area contributed by atoms with E-state index in [2.05, 4.69) is 10.6 Å². The van der Waals surface area contributed by atoms with Gasteiger partial charge in [0.25, 0.3) is 0 Å². The molecule has 8 nitrogen and oxygen atoms in total. The number of hydrogen-bond donors (Lipinski definition) is 2. The third kappa shape index (κ3) is 5.36. The van der Waals surface area contributed by atoms with Crippen LogP contribution in [-0.4, -0.2) is 61.5 Å². The Morgan fingerprint density at radius 2 is 1.79 bits per heavy atom. The maximum atomic E-state index is 13.0. The maximum absolute atomic E-state index is 13.0. The number of nitrogens with zero attached hydrogens (tertiary/aromatic N) is 1. The zero-order valence-electron chi connectivity index (χ0n) is 17.7. The van der Waals surface area contributed by atoms with Crippen LogP contribution in [0.4, 0.5) is 0 Å². The first-order valence-electron chi connectivity index (χ1n) is 10.7. The molecule has 2 heterocycles. The SMILES string of the molecule is O=C(CS(=O)(=O)c1ccccc1)NC1CCN2C(=O)C(Cc3ccc(Cl)cc3)NC(=O)C2C1. The van der Waals surface area contributed by atoms with E-state index in [1.165, 1.54) is 12.1 Å². The number of rotatable bonds is 6. The number of hydrogen-bond acceptors (Lipinski definition) is 5. The van der Waals surface area contributed by atoms with Crippen molar-refractivity contribution in [3.63, 3.8) is 0 Å². The molecule has 10 heteroatoms. The second kappa shape index (κ2) is 9.52.